The Hall–Kier alpha value is -0.450. The van der Waals surface area contributed by atoms with Crippen LogP contribution in [-0.4, -0.2) is 23.5 Å². The quantitative estimate of drug-likeness (QED) is 0.772. The van der Waals surface area contributed by atoms with Gasteiger partial charge in [-0.2, -0.15) is 11.8 Å². The van der Waals surface area contributed by atoms with Crippen LogP contribution >= 0.6 is 11.8 Å². The molecule has 1 rings (SSSR count). The molecular weight excluding hydrogens is 222 g/mol. The number of hydrogen-bond acceptors (Lipinski definition) is 4. The van der Waals surface area contributed by atoms with Gasteiger partial charge < -0.3 is 14.8 Å². The Balaban J connectivity index is 2.47. The maximum atomic E-state index is 9.26. The number of furan rings is 1. The number of thioether (sulfide) groups is 1. The minimum atomic E-state index is -0.216. The van der Waals surface area contributed by atoms with Crippen LogP contribution in [0.25, 0.3) is 0 Å². The summed E-state index contributed by atoms with van der Waals surface area (Å²) in [6.07, 6.45) is 2.95. The molecule has 0 amide bonds. The highest BCUT2D eigenvalue weighted by atomic mass is 32.2. The molecule has 1 unspecified atom stereocenters. The van der Waals surface area contributed by atoms with Crippen LogP contribution in [0.5, 0.6) is 0 Å². The molecule has 0 aliphatic heterocycles. The lowest BCUT2D eigenvalue weighted by atomic mass is 10.0. The molecule has 0 aliphatic rings. The Morgan fingerprint density at radius 2 is 2.12 bits per heavy atom. The number of aliphatic hydroxyl groups excluding tert-OH is 1. The third-order valence-corrected chi connectivity index (χ3v) is 3.40. The second-order valence-electron chi connectivity index (χ2n) is 4.23. The second-order valence-corrected chi connectivity index (χ2v) is 5.09. The molecule has 1 atom stereocenters. The summed E-state index contributed by atoms with van der Waals surface area (Å²) in [5.74, 6) is 2.84. The van der Waals surface area contributed by atoms with Crippen LogP contribution in [-0.2, 0) is 12.3 Å². The summed E-state index contributed by atoms with van der Waals surface area (Å²) in [6, 6.07) is 4.00. The van der Waals surface area contributed by atoms with E-state index in [-0.39, 0.29) is 12.1 Å². The lowest BCUT2D eigenvalue weighted by molar-refractivity contribution is 0.166. The Labute approximate surface area is 102 Å². The molecule has 0 saturated carbocycles. The molecule has 1 heterocycles. The molecule has 0 saturated heterocycles. The van der Waals surface area contributed by atoms with Crippen molar-refractivity contribution < 1.29 is 9.52 Å². The van der Waals surface area contributed by atoms with Crippen LogP contribution in [0, 0.1) is 0 Å². The fourth-order valence-electron chi connectivity index (χ4n) is 1.33. The van der Waals surface area contributed by atoms with Crippen molar-refractivity contribution in [3.8, 4) is 0 Å². The van der Waals surface area contributed by atoms with Gasteiger partial charge in [-0.15, -0.1) is 0 Å². The van der Waals surface area contributed by atoms with Crippen molar-refractivity contribution in [3.05, 3.63) is 23.7 Å². The van der Waals surface area contributed by atoms with E-state index in [2.05, 4.69) is 18.5 Å². The largest absolute Gasteiger partial charge is 0.464 e. The Kier molecular flexibility index (Phi) is 5.38. The molecule has 0 fully saturated rings. The van der Waals surface area contributed by atoms with E-state index in [1.165, 1.54) is 0 Å². The predicted molar refractivity (Wildman–Crippen MR) is 68.5 cm³/mol. The summed E-state index contributed by atoms with van der Waals surface area (Å²) in [5.41, 5.74) is -0.216. The number of hydrogen-bond donors (Lipinski definition) is 2. The fourth-order valence-corrected chi connectivity index (χ4v) is 1.77. The van der Waals surface area contributed by atoms with E-state index in [1.807, 2.05) is 19.1 Å². The van der Waals surface area contributed by atoms with Gasteiger partial charge in [-0.25, -0.2) is 0 Å². The van der Waals surface area contributed by atoms with Gasteiger partial charge in [0.05, 0.1) is 18.9 Å². The van der Waals surface area contributed by atoms with Crippen molar-refractivity contribution in [2.75, 3.05) is 12.9 Å². The summed E-state index contributed by atoms with van der Waals surface area (Å²) in [7, 11) is 0. The average Bonchev–Trinajstić information content (AvgIpc) is 2.74. The summed E-state index contributed by atoms with van der Waals surface area (Å²) >= 11 is 1.75. The van der Waals surface area contributed by atoms with Crippen molar-refractivity contribution in [1.29, 1.82) is 0 Å². The van der Waals surface area contributed by atoms with Crippen molar-refractivity contribution >= 4 is 11.8 Å². The molecule has 16 heavy (non-hydrogen) atoms. The molecule has 0 spiro atoms. The molecule has 4 heteroatoms. The smallest absolute Gasteiger partial charge is 0.118 e. The molecule has 0 aliphatic carbocycles. The second kappa shape index (κ2) is 6.33. The predicted octanol–water partition coefficient (Wildman–Crippen LogP) is 2.39. The van der Waals surface area contributed by atoms with E-state index in [1.54, 1.807) is 11.8 Å². The van der Waals surface area contributed by atoms with E-state index in [0.717, 1.165) is 23.7 Å². The van der Waals surface area contributed by atoms with Gasteiger partial charge in [0.2, 0.25) is 0 Å². The van der Waals surface area contributed by atoms with E-state index in [0.29, 0.717) is 6.54 Å². The maximum absolute atomic E-state index is 9.26. The van der Waals surface area contributed by atoms with Crippen LogP contribution in [0.3, 0.4) is 0 Å². The van der Waals surface area contributed by atoms with E-state index in [4.69, 9.17) is 4.42 Å². The number of nitrogens with one attached hydrogen (secondary N) is 1. The lowest BCUT2D eigenvalue weighted by Crippen LogP contribution is -2.44. The van der Waals surface area contributed by atoms with Crippen molar-refractivity contribution in [2.45, 2.75) is 38.1 Å². The van der Waals surface area contributed by atoms with Crippen LogP contribution in [0.4, 0.5) is 0 Å². The highest BCUT2D eigenvalue weighted by Gasteiger charge is 2.20. The SMILES string of the molecule is CCC(C)(CO)NCc1ccc(CSC)o1. The van der Waals surface area contributed by atoms with Crippen LogP contribution in [0.15, 0.2) is 16.5 Å². The minimum Gasteiger partial charge on any atom is -0.464 e. The first-order valence-corrected chi connectivity index (χ1v) is 6.95. The average molecular weight is 243 g/mol. The van der Waals surface area contributed by atoms with Gasteiger partial charge >= 0.3 is 0 Å². The molecule has 92 valence electrons. The Bertz CT molecular complexity index is 308. The van der Waals surface area contributed by atoms with Gasteiger partial charge in [-0.3, -0.25) is 0 Å². The Morgan fingerprint density at radius 3 is 2.69 bits per heavy atom. The molecule has 0 aromatic carbocycles. The number of aliphatic hydroxyl groups is 1. The summed E-state index contributed by atoms with van der Waals surface area (Å²) < 4.78 is 5.64. The highest BCUT2D eigenvalue weighted by Crippen LogP contribution is 2.15. The zero-order valence-electron chi connectivity index (χ0n) is 10.2. The van der Waals surface area contributed by atoms with Gasteiger partial charge in [0, 0.05) is 5.54 Å². The van der Waals surface area contributed by atoms with Gasteiger partial charge in [-0.1, -0.05) is 6.92 Å². The molecule has 2 N–H and O–H groups in total. The van der Waals surface area contributed by atoms with Crippen molar-refractivity contribution in [1.82, 2.24) is 5.32 Å². The summed E-state index contributed by atoms with van der Waals surface area (Å²) in [4.78, 5) is 0. The lowest BCUT2D eigenvalue weighted by Gasteiger charge is -2.26. The standard InChI is InChI=1S/C12H21NO2S/c1-4-12(2,9-14)13-7-10-5-6-11(15-10)8-16-3/h5-6,13-14H,4,7-9H2,1-3H3. The van der Waals surface area contributed by atoms with Crippen molar-refractivity contribution in [3.63, 3.8) is 0 Å². The van der Waals surface area contributed by atoms with Crippen LogP contribution < -0.4 is 5.32 Å². The van der Waals surface area contributed by atoms with Gasteiger partial charge in [0.25, 0.3) is 0 Å². The van der Waals surface area contributed by atoms with Crippen LogP contribution in [0.2, 0.25) is 0 Å². The minimum absolute atomic E-state index is 0.141. The van der Waals surface area contributed by atoms with E-state index >= 15 is 0 Å². The maximum Gasteiger partial charge on any atom is 0.118 e. The molecule has 1 aromatic heterocycles. The number of rotatable bonds is 7. The molecule has 3 nitrogen and oxygen atoms in total. The first-order valence-electron chi connectivity index (χ1n) is 5.56. The first kappa shape index (κ1) is 13.6. The highest BCUT2D eigenvalue weighted by molar-refractivity contribution is 7.97. The Morgan fingerprint density at radius 1 is 1.44 bits per heavy atom. The van der Waals surface area contributed by atoms with Gasteiger partial charge in [0.1, 0.15) is 11.5 Å². The molecule has 0 bridgehead atoms. The summed E-state index contributed by atoms with van der Waals surface area (Å²) in [6.45, 7) is 4.88. The fraction of sp³-hybridized carbons (Fsp3) is 0.667. The first-order chi connectivity index (χ1) is 7.63. The molecule has 0 radical (unpaired) electrons. The normalized spacial score (nSPS) is 15.0. The van der Waals surface area contributed by atoms with E-state index in [9.17, 15) is 5.11 Å². The topological polar surface area (TPSA) is 45.4 Å². The monoisotopic (exact) mass is 243 g/mol. The summed E-state index contributed by atoms with van der Waals surface area (Å²) in [5, 5.41) is 12.6. The van der Waals surface area contributed by atoms with Gasteiger partial charge in [-0.05, 0) is 31.7 Å². The van der Waals surface area contributed by atoms with Crippen molar-refractivity contribution in [2.24, 2.45) is 0 Å². The van der Waals surface area contributed by atoms with E-state index < -0.39 is 0 Å². The third-order valence-electron chi connectivity index (χ3n) is 2.82. The molecule has 1 aromatic rings. The zero-order chi connectivity index (χ0) is 12.0. The zero-order valence-corrected chi connectivity index (χ0v) is 11.1. The van der Waals surface area contributed by atoms with Crippen LogP contribution in [0.1, 0.15) is 31.8 Å². The van der Waals surface area contributed by atoms with Gasteiger partial charge in [0.15, 0.2) is 0 Å². The third kappa shape index (κ3) is 3.85. The molecular formula is C12H21NO2S.